The van der Waals surface area contributed by atoms with E-state index < -0.39 is 5.41 Å². The lowest BCUT2D eigenvalue weighted by atomic mass is 9.88. The van der Waals surface area contributed by atoms with Crippen molar-refractivity contribution in [2.45, 2.75) is 297 Å². The van der Waals surface area contributed by atoms with Gasteiger partial charge in [0.15, 0.2) is 0 Å². The van der Waals surface area contributed by atoms with Gasteiger partial charge in [0.1, 0.15) is 13.2 Å². The Kier molecular flexibility index (Phi) is 51.5. The molecule has 6 heteroatoms. The summed E-state index contributed by atoms with van der Waals surface area (Å²) >= 11 is 0. The number of ether oxygens (including phenoxy) is 2. The summed E-state index contributed by atoms with van der Waals surface area (Å²) in [6.07, 6.45) is 63.9. The third-order valence-corrected chi connectivity index (χ3v) is 13.1. The normalized spacial score (nSPS) is 12.1. The second-order valence-corrected chi connectivity index (χ2v) is 19.5. The Morgan fingerprint density at radius 2 is 0.600 bits per heavy atom. The zero-order chi connectivity index (χ0) is 47.3. The maximum Gasteiger partial charge on any atom is 0.305 e. The molecule has 0 aromatic heterocycles. The van der Waals surface area contributed by atoms with Crippen molar-refractivity contribution in [3.63, 3.8) is 0 Å². The van der Waals surface area contributed by atoms with Crippen molar-refractivity contribution in [1.82, 2.24) is 0 Å². The van der Waals surface area contributed by atoms with Crippen molar-refractivity contribution < 1.29 is 28.8 Å². The van der Waals surface area contributed by atoms with Gasteiger partial charge in [-0.1, -0.05) is 218 Å². The summed E-state index contributed by atoms with van der Waals surface area (Å²) in [5.41, 5.74) is -0.640. The number of rotatable bonds is 53. The second kappa shape index (κ2) is 53.0. The van der Waals surface area contributed by atoms with Gasteiger partial charge in [-0.15, -0.1) is 0 Å². The molecule has 0 saturated heterocycles. The molecule has 65 heavy (non-hydrogen) atoms. The van der Waals surface area contributed by atoms with Gasteiger partial charge in [0.25, 0.3) is 0 Å². The average Bonchev–Trinajstić information content (AvgIpc) is 3.31. The zero-order valence-corrected chi connectivity index (χ0v) is 43.9. The van der Waals surface area contributed by atoms with Crippen LogP contribution < -0.4 is 0 Å². The van der Waals surface area contributed by atoms with E-state index >= 15 is 0 Å². The van der Waals surface area contributed by atoms with Crippen LogP contribution in [-0.4, -0.2) is 38.4 Å². The highest BCUT2D eigenvalue weighted by Crippen LogP contribution is 2.26. The van der Waals surface area contributed by atoms with Crippen LogP contribution in [0.15, 0.2) is 36.5 Å². The molecule has 0 fully saturated rings. The summed E-state index contributed by atoms with van der Waals surface area (Å²) in [4.78, 5) is 37.1. The first kappa shape index (κ1) is 63.1. The topological polar surface area (TPSA) is 71.1 Å². The molecule has 0 N–H and O–H groups in total. The predicted octanol–water partition coefficient (Wildman–Crippen LogP) is 19.1. The smallest absolute Gasteiger partial charge is 0.305 e. The van der Waals surface area contributed by atoms with Gasteiger partial charge in [0.05, 0.1) is 18.6 Å². The Bertz CT molecular complexity index is 1010. The van der Waals surface area contributed by atoms with Crippen LogP contribution in [-0.2, 0) is 28.8 Å². The highest BCUT2D eigenvalue weighted by Gasteiger charge is 2.33. The molecule has 382 valence electrons. The lowest BCUT2D eigenvalue weighted by Gasteiger charge is -2.30. The summed E-state index contributed by atoms with van der Waals surface area (Å²) < 4.78 is 11.7. The van der Waals surface area contributed by atoms with Gasteiger partial charge in [-0.3, -0.25) is 9.59 Å². The van der Waals surface area contributed by atoms with E-state index in [2.05, 4.69) is 57.2 Å². The van der Waals surface area contributed by atoms with Crippen LogP contribution in [0.4, 0.5) is 0 Å². The van der Waals surface area contributed by atoms with E-state index in [0.29, 0.717) is 25.9 Å². The molecule has 0 aliphatic heterocycles. The molecule has 0 aliphatic rings. The van der Waals surface area contributed by atoms with Gasteiger partial charge < -0.3 is 9.47 Å². The first-order chi connectivity index (χ1) is 32.0. The Morgan fingerprint density at radius 3 is 0.908 bits per heavy atom. The number of carbonyl (C=O) groups is 2. The number of hydrogen-bond acceptors (Lipinski definition) is 6. The van der Waals surface area contributed by atoms with E-state index in [1.165, 1.54) is 186 Å². The minimum atomic E-state index is -0.640. The zero-order valence-electron chi connectivity index (χ0n) is 43.9. The maximum atomic E-state index is 12.9. The molecule has 0 amide bonds. The van der Waals surface area contributed by atoms with Crippen molar-refractivity contribution in [2.24, 2.45) is 5.41 Å². The lowest BCUT2D eigenvalue weighted by molar-refractivity contribution is -0.315. The van der Waals surface area contributed by atoms with Gasteiger partial charge in [-0.25, -0.2) is 9.78 Å². The molecular weight excluding hydrogens is 805 g/mol. The summed E-state index contributed by atoms with van der Waals surface area (Å²) in [7, 11) is 0. The largest absolute Gasteiger partial charge is 0.465 e. The highest BCUT2D eigenvalue weighted by molar-refractivity contribution is 5.69. The van der Waals surface area contributed by atoms with Crippen LogP contribution in [0, 0.1) is 5.41 Å². The summed E-state index contributed by atoms with van der Waals surface area (Å²) in [5.74, 6) is -0.372. The van der Waals surface area contributed by atoms with Crippen molar-refractivity contribution in [2.75, 3.05) is 26.4 Å². The first-order valence-corrected chi connectivity index (χ1v) is 28.5. The molecule has 0 heterocycles. The van der Waals surface area contributed by atoms with Crippen LogP contribution in [0.3, 0.4) is 0 Å². The van der Waals surface area contributed by atoms with E-state index in [1.54, 1.807) is 0 Å². The van der Waals surface area contributed by atoms with Gasteiger partial charge in [-0.2, -0.15) is 0 Å². The molecule has 6 nitrogen and oxygen atoms in total. The van der Waals surface area contributed by atoms with Crippen molar-refractivity contribution in [3.8, 4) is 0 Å². The maximum absolute atomic E-state index is 12.9. The fraction of sp³-hybridized carbons (Fsp3) is 0.864. The van der Waals surface area contributed by atoms with Crippen LogP contribution in [0.1, 0.15) is 297 Å². The van der Waals surface area contributed by atoms with Crippen LogP contribution in [0.5, 0.6) is 0 Å². The number of esters is 2. The second-order valence-electron chi connectivity index (χ2n) is 19.5. The average molecular weight is 916 g/mol. The fourth-order valence-corrected chi connectivity index (χ4v) is 8.18. The SMILES string of the molecule is CCCCCCCC/C=C\CCCCCCCOOCC(CC)(COC(=O)CCCCCCC/C=C\CCCCCCCC)COC(=O)CCCCCCC/C=C\CCCCCCCC. The lowest BCUT2D eigenvalue weighted by Crippen LogP contribution is -2.38. The molecule has 0 rings (SSSR count). The summed E-state index contributed by atoms with van der Waals surface area (Å²) in [6, 6.07) is 0. The minimum Gasteiger partial charge on any atom is -0.465 e. The Morgan fingerprint density at radius 1 is 0.323 bits per heavy atom. The van der Waals surface area contributed by atoms with Gasteiger partial charge in [0, 0.05) is 12.8 Å². The number of allylic oxidation sites excluding steroid dienone is 6. The molecule has 0 bridgehead atoms. The van der Waals surface area contributed by atoms with E-state index in [1.807, 2.05) is 6.92 Å². The highest BCUT2D eigenvalue weighted by atomic mass is 17.2. The monoisotopic (exact) mass is 915 g/mol. The number of unbranched alkanes of at least 4 members (excludes halogenated alkanes) is 33. The number of carbonyl (C=O) groups excluding carboxylic acids is 2. The third-order valence-electron chi connectivity index (χ3n) is 13.1. The molecule has 0 aromatic rings. The molecule has 0 radical (unpaired) electrons. The van der Waals surface area contributed by atoms with Crippen molar-refractivity contribution >= 4 is 11.9 Å². The van der Waals surface area contributed by atoms with Gasteiger partial charge in [-0.05, 0) is 103 Å². The quantitative estimate of drug-likeness (QED) is 0.0199. The summed E-state index contributed by atoms with van der Waals surface area (Å²) in [6.45, 7) is 9.92. The van der Waals surface area contributed by atoms with Crippen LogP contribution in [0.25, 0.3) is 0 Å². The van der Waals surface area contributed by atoms with Gasteiger partial charge in [0.2, 0.25) is 0 Å². The molecule has 0 atom stereocenters. The van der Waals surface area contributed by atoms with E-state index in [-0.39, 0.29) is 31.8 Å². The standard InChI is InChI=1S/C59H110O6/c1-5-9-12-15-18-21-24-27-30-33-36-39-42-45-48-51-57(60)62-54-59(8-4,56-65-64-53-50-47-44-41-38-35-32-29-26-23-20-17-14-11-7-3)55-63-58(61)52-49-46-43-40-37-34-31-28-25-22-19-16-13-10-6-2/h27-32H,5-26,33-56H2,1-4H3/b30-27-,31-28-,32-29-. The Hall–Kier alpha value is -1.92. The molecule has 0 spiro atoms. The fourth-order valence-electron chi connectivity index (χ4n) is 8.18. The Balaban J connectivity index is 4.51. The van der Waals surface area contributed by atoms with Crippen molar-refractivity contribution in [1.29, 1.82) is 0 Å². The molecule has 0 aromatic carbocycles. The summed E-state index contributed by atoms with van der Waals surface area (Å²) in [5, 5.41) is 0. The molecule has 0 unspecified atom stereocenters. The Labute approximate surface area is 405 Å². The van der Waals surface area contributed by atoms with Gasteiger partial charge >= 0.3 is 11.9 Å². The first-order valence-electron chi connectivity index (χ1n) is 28.5. The van der Waals surface area contributed by atoms with E-state index in [9.17, 15) is 9.59 Å². The third kappa shape index (κ3) is 48.3. The van der Waals surface area contributed by atoms with E-state index in [4.69, 9.17) is 19.2 Å². The van der Waals surface area contributed by atoms with Crippen molar-refractivity contribution in [3.05, 3.63) is 36.5 Å². The predicted molar refractivity (Wildman–Crippen MR) is 280 cm³/mol. The molecule has 0 saturated carbocycles. The van der Waals surface area contributed by atoms with E-state index in [0.717, 1.165) is 64.2 Å². The molecule has 0 aliphatic carbocycles. The van der Waals surface area contributed by atoms with Crippen LogP contribution in [0.2, 0.25) is 0 Å². The number of hydrogen-bond donors (Lipinski definition) is 0. The molecular formula is C59H110O6. The van der Waals surface area contributed by atoms with Crippen LogP contribution >= 0.6 is 0 Å². The minimum absolute atomic E-state index is 0.158.